The molecule has 1 unspecified atom stereocenters. The molecule has 1 aliphatic carbocycles. The van der Waals surface area contributed by atoms with E-state index in [1.165, 1.54) is 17.0 Å². The zero-order valence-corrected chi connectivity index (χ0v) is 16.8. The second-order valence-electron chi connectivity index (χ2n) is 8.42. The SMILES string of the molecule is O=C1c2cc(-c3nnc(C(F)F)o3)ccc2CN1[C@@H]1CCCC2[C@H]1NC(=O)[C@]2(O)C(F)(F)F. The van der Waals surface area contributed by atoms with Crippen LogP contribution in [0, 0.1) is 5.92 Å². The Labute approximate surface area is 182 Å². The van der Waals surface area contributed by atoms with Crippen LogP contribution >= 0.6 is 0 Å². The van der Waals surface area contributed by atoms with Gasteiger partial charge in [-0.1, -0.05) is 12.5 Å². The molecule has 3 heterocycles. The largest absolute Gasteiger partial charge is 0.426 e. The number of hydrogen-bond donors (Lipinski definition) is 2. The van der Waals surface area contributed by atoms with E-state index in [0.717, 1.165) is 0 Å². The Morgan fingerprint density at radius 1 is 1.21 bits per heavy atom. The monoisotopic (exact) mass is 472 g/mol. The first-order chi connectivity index (χ1) is 15.5. The third kappa shape index (κ3) is 3.12. The second kappa shape index (κ2) is 7.20. The number of aliphatic hydroxyl groups is 1. The van der Waals surface area contributed by atoms with Gasteiger partial charge in [0, 0.05) is 23.6 Å². The first-order valence-corrected chi connectivity index (χ1v) is 10.2. The van der Waals surface area contributed by atoms with E-state index >= 15 is 0 Å². The Bertz CT molecular complexity index is 1140. The Balaban J connectivity index is 1.42. The van der Waals surface area contributed by atoms with Crippen molar-refractivity contribution < 1.29 is 41.1 Å². The van der Waals surface area contributed by atoms with E-state index in [1.807, 2.05) is 0 Å². The van der Waals surface area contributed by atoms with E-state index in [9.17, 15) is 36.6 Å². The lowest BCUT2D eigenvalue weighted by Crippen LogP contribution is -2.58. The second-order valence-corrected chi connectivity index (χ2v) is 8.42. The Morgan fingerprint density at radius 2 is 1.97 bits per heavy atom. The fourth-order valence-electron chi connectivity index (χ4n) is 5.12. The lowest BCUT2D eigenvalue weighted by atomic mass is 9.74. The molecule has 2 fully saturated rings. The van der Waals surface area contributed by atoms with Gasteiger partial charge in [-0.15, -0.1) is 10.2 Å². The summed E-state index contributed by atoms with van der Waals surface area (Å²) in [7, 11) is 0. The fourth-order valence-corrected chi connectivity index (χ4v) is 5.12. The normalized spacial score (nSPS) is 29.4. The van der Waals surface area contributed by atoms with Crippen molar-refractivity contribution in [1.82, 2.24) is 20.4 Å². The van der Waals surface area contributed by atoms with E-state index in [0.29, 0.717) is 18.4 Å². The molecule has 0 spiro atoms. The molecule has 2 aromatic rings. The van der Waals surface area contributed by atoms with Crippen LogP contribution in [0.4, 0.5) is 22.0 Å². The van der Waals surface area contributed by atoms with Crippen LogP contribution in [0.1, 0.15) is 47.5 Å². The van der Waals surface area contributed by atoms with Gasteiger partial charge in [0.25, 0.3) is 17.7 Å². The Morgan fingerprint density at radius 3 is 2.64 bits per heavy atom. The molecule has 1 saturated heterocycles. The lowest BCUT2D eigenvalue weighted by molar-refractivity contribution is -0.263. The van der Waals surface area contributed by atoms with Crippen molar-refractivity contribution >= 4 is 11.8 Å². The lowest BCUT2D eigenvalue weighted by Gasteiger charge is -2.41. The highest BCUT2D eigenvalue weighted by Gasteiger charge is 2.71. The molecule has 1 aromatic heterocycles. The summed E-state index contributed by atoms with van der Waals surface area (Å²) in [6, 6.07) is 2.69. The van der Waals surface area contributed by atoms with Crippen molar-refractivity contribution in [1.29, 1.82) is 0 Å². The number of halogens is 5. The van der Waals surface area contributed by atoms with Crippen LogP contribution in [0.3, 0.4) is 0 Å². The molecule has 0 bridgehead atoms. The van der Waals surface area contributed by atoms with Crippen molar-refractivity contribution in [2.24, 2.45) is 5.92 Å². The van der Waals surface area contributed by atoms with Gasteiger partial charge in [-0.2, -0.15) is 22.0 Å². The van der Waals surface area contributed by atoms with E-state index < -0.39 is 53.9 Å². The summed E-state index contributed by atoms with van der Waals surface area (Å²) in [5, 5.41) is 19.4. The highest BCUT2D eigenvalue weighted by atomic mass is 19.4. The smallest absolute Gasteiger partial charge is 0.415 e. The molecule has 176 valence electrons. The molecule has 8 nitrogen and oxygen atoms in total. The highest BCUT2D eigenvalue weighted by Crippen LogP contribution is 2.48. The van der Waals surface area contributed by atoms with E-state index in [1.54, 1.807) is 6.07 Å². The standard InChI is InChI=1S/C20H17F5N4O4/c21-14(22)16-28-27-15(33-16)8-4-5-9-7-29(17(30)10(9)6-8)12-3-1-2-11-13(12)26-18(31)19(11,32)20(23,24)25/h4-6,11-14,32H,1-3,7H2,(H,26,31)/t11?,12-,13-,19+/m1/s1. The minimum atomic E-state index is -5.15. The van der Waals surface area contributed by atoms with Crippen LogP contribution in [0.2, 0.25) is 0 Å². The average Bonchev–Trinajstić information content (AvgIpc) is 3.44. The maximum atomic E-state index is 13.6. The molecule has 1 saturated carbocycles. The van der Waals surface area contributed by atoms with Crippen molar-refractivity contribution in [3.63, 3.8) is 0 Å². The minimum Gasteiger partial charge on any atom is -0.415 e. The maximum Gasteiger partial charge on any atom is 0.426 e. The summed E-state index contributed by atoms with van der Waals surface area (Å²) in [4.78, 5) is 26.7. The number of hydrogen-bond acceptors (Lipinski definition) is 6. The van der Waals surface area contributed by atoms with Gasteiger partial charge < -0.3 is 19.7 Å². The van der Waals surface area contributed by atoms with Crippen molar-refractivity contribution in [2.75, 3.05) is 0 Å². The van der Waals surface area contributed by atoms with Crippen LogP contribution < -0.4 is 5.32 Å². The van der Waals surface area contributed by atoms with E-state index in [4.69, 9.17) is 4.42 Å². The first-order valence-electron chi connectivity index (χ1n) is 10.2. The molecule has 5 rings (SSSR count). The highest BCUT2D eigenvalue weighted by molar-refractivity contribution is 5.99. The van der Waals surface area contributed by atoms with Gasteiger partial charge in [0.15, 0.2) is 0 Å². The molecule has 2 aliphatic heterocycles. The third-order valence-corrected chi connectivity index (χ3v) is 6.69. The van der Waals surface area contributed by atoms with Crippen LogP contribution in [-0.4, -0.2) is 55.9 Å². The Kier molecular flexibility index (Phi) is 4.75. The van der Waals surface area contributed by atoms with Crippen molar-refractivity contribution in [2.45, 2.75) is 56.1 Å². The number of rotatable bonds is 3. The number of alkyl halides is 5. The Hall–Kier alpha value is -3.09. The number of nitrogens with one attached hydrogen (secondary N) is 1. The quantitative estimate of drug-likeness (QED) is 0.665. The molecule has 0 radical (unpaired) electrons. The number of nitrogens with zero attached hydrogens (tertiary/aromatic N) is 3. The van der Waals surface area contributed by atoms with Crippen LogP contribution in [0.25, 0.3) is 11.5 Å². The van der Waals surface area contributed by atoms with Gasteiger partial charge >= 0.3 is 12.6 Å². The molecule has 2 amide bonds. The summed E-state index contributed by atoms with van der Waals surface area (Å²) >= 11 is 0. The zero-order valence-electron chi connectivity index (χ0n) is 16.8. The predicted molar refractivity (Wildman–Crippen MR) is 98.6 cm³/mol. The average molecular weight is 472 g/mol. The number of amides is 2. The van der Waals surface area contributed by atoms with Crippen LogP contribution in [0.5, 0.6) is 0 Å². The predicted octanol–water partition coefficient (Wildman–Crippen LogP) is 2.59. The molecule has 2 N–H and O–H groups in total. The van der Waals surface area contributed by atoms with Gasteiger partial charge in [-0.25, -0.2) is 0 Å². The molecule has 3 aliphatic rings. The van der Waals surface area contributed by atoms with Crippen LogP contribution in [-0.2, 0) is 11.3 Å². The number of benzene rings is 1. The zero-order chi connectivity index (χ0) is 23.7. The van der Waals surface area contributed by atoms with Gasteiger partial charge in [-0.3, -0.25) is 9.59 Å². The van der Waals surface area contributed by atoms with Crippen LogP contribution in [0.15, 0.2) is 22.6 Å². The number of carbonyl (C=O) groups is 2. The van der Waals surface area contributed by atoms with Gasteiger partial charge in [-0.05, 0) is 30.5 Å². The number of fused-ring (bicyclic) bond motifs is 2. The number of aromatic nitrogens is 2. The molecular formula is C20H17F5N4O4. The summed E-state index contributed by atoms with van der Waals surface area (Å²) in [5.74, 6) is -4.46. The number of carbonyl (C=O) groups excluding carboxylic acids is 2. The van der Waals surface area contributed by atoms with E-state index in [2.05, 4.69) is 15.5 Å². The summed E-state index contributed by atoms with van der Waals surface area (Å²) in [6.07, 6.45) is -7.47. The first kappa shape index (κ1) is 21.7. The van der Waals surface area contributed by atoms with Crippen molar-refractivity contribution in [3.8, 4) is 11.5 Å². The van der Waals surface area contributed by atoms with Gasteiger partial charge in [0.2, 0.25) is 11.5 Å². The molecule has 33 heavy (non-hydrogen) atoms. The fraction of sp³-hybridized carbons (Fsp3) is 0.500. The third-order valence-electron chi connectivity index (χ3n) is 6.69. The van der Waals surface area contributed by atoms with Crippen molar-refractivity contribution in [3.05, 3.63) is 35.2 Å². The molecule has 1 aromatic carbocycles. The molecule has 4 atom stereocenters. The molecule has 13 heteroatoms. The minimum absolute atomic E-state index is 0.0152. The summed E-state index contributed by atoms with van der Waals surface area (Å²) in [6.45, 7) is 0.0920. The summed E-state index contributed by atoms with van der Waals surface area (Å²) < 4.78 is 71.0. The van der Waals surface area contributed by atoms with Gasteiger partial charge in [0.1, 0.15) is 0 Å². The van der Waals surface area contributed by atoms with Gasteiger partial charge in [0.05, 0.1) is 12.1 Å². The summed E-state index contributed by atoms with van der Waals surface area (Å²) in [5.41, 5.74) is -2.46. The molecular weight excluding hydrogens is 455 g/mol. The van der Waals surface area contributed by atoms with E-state index in [-0.39, 0.29) is 30.0 Å². The maximum absolute atomic E-state index is 13.6. The topological polar surface area (TPSA) is 109 Å².